The number of nitrogens with one attached hydrogen (secondary N) is 1. The lowest BCUT2D eigenvalue weighted by Crippen LogP contribution is -2.44. The minimum Gasteiger partial charge on any atom is -0.378 e. The molecule has 0 aliphatic carbocycles. The zero-order valence-electron chi connectivity index (χ0n) is 14.2. The van der Waals surface area contributed by atoms with Gasteiger partial charge in [-0.25, -0.2) is 4.98 Å². The van der Waals surface area contributed by atoms with E-state index >= 15 is 0 Å². The van der Waals surface area contributed by atoms with E-state index in [0.29, 0.717) is 32.8 Å². The Balaban J connectivity index is 1.77. The SMILES string of the molecule is Cc1cc(Br)cnc1NCC(C(=O)N1CCOCC1)c1ccccc1. The molecule has 1 amide bonds. The van der Waals surface area contributed by atoms with E-state index in [9.17, 15) is 4.79 Å². The Hall–Kier alpha value is -1.92. The fourth-order valence-electron chi connectivity index (χ4n) is 2.96. The van der Waals surface area contributed by atoms with Crippen molar-refractivity contribution in [1.82, 2.24) is 9.88 Å². The number of aromatic nitrogens is 1. The highest BCUT2D eigenvalue weighted by molar-refractivity contribution is 9.10. The Kier molecular flexibility index (Phi) is 6.04. The third kappa shape index (κ3) is 4.58. The van der Waals surface area contributed by atoms with Crippen LogP contribution in [0.2, 0.25) is 0 Å². The Bertz CT molecular complexity index is 718. The second kappa shape index (κ2) is 8.45. The largest absolute Gasteiger partial charge is 0.378 e. The number of anilines is 1. The molecular weight excluding hydrogens is 382 g/mol. The molecule has 25 heavy (non-hydrogen) atoms. The highest BCUT2D eigenvalue weighted by Gasteiger charge is 2.27. The van der Waals surface area contributed by atoms with Gasteiger partial charge < -0.3 is 15.0 Å². The molecule has 3 rings (SSSR count). The van der Waals surface area contributed by atoms with Gasteiger partial charge in [0, 0.05) is 30.3 Å². The van der Waals surface area contributed by atoms with Crippen LogP contribution >= 0.6 is 15.9 Å². The van der Waals surface area contributed by atoms with Gasteiger partial charge in [0.05, 0.1) is 19.1 Å². The van der Waals surface area contributed by atoms with Gasteiger partial charge in [0.1, 0.15) is 5.82 Å². The van der Waals surface area contributed by atoms with Crippen molar-refractivity contribution >= 4 is 27.7 Å². The fourth-order valence-corrected chi connectivity index (χ4v) is 3.41. The lowest BCUT2D eigenvalue weighted by Gasteiger charge is -2.31. The quantitative estimate of drug-likeness (QED) is 0.832. The van der Waals surface area contributed by atoms with E-state index in [4.69, 9.17) is 4.74 Å². The first kappa shape index (κ1) is 17.9. The summed E-state index contributed by atoms with van der Waals surface area (Å²) >= 11 is 3.43. The first-order valence-electron chi connectivity index (χ1n) is 8.42. The smallest absolute Gasteiger partial charge is 0.232 e. The number of nitrogens with zero attached hydrogens (tertiary/aromatic N) is 2. The minimum atomic E-state index is -0.246. The molecule has 0 spiro atoms. The molecule has 1 fully saturated rings. The summed E-state index contributed by atoms with van der Waals surface area (Å²) in [4.78, 5) is 19.4. The first-order valence-corrected chi connectivity index (χ1v) is 9.22. The van der Waals surface area contributed by atoms with Crippen LogP contribution < -0.4 is 5.32 Å². The molecule has 5 nitrogen and oxygen atoms in total. The Morgan fingerprint density at radius 3 is 2.72 bits per heavy atom. The van der Waals surface area contributed by atoms with Crippen molar-refractivity contribution in [1.29, 1.82) is 0 Å². The van der Waals surface area contributed by atoms with Gasteiger partial charge >= 0.3 is 0 Å². The van der Waals surface area contributed by atoms with Crippen LogP contribution in [0.3, 0.4) is 0 Å². The number of ether oxygens (including phenoxy) is 1. The summed E-state index contributed by atoms with van der Waals surface area (Å²) in [6, 6.07) is 11.9. The van der Waals surface area contributed by atoms with Gasteiger partial charge in [-0.2, -0.15) is 0 Å². The lowest BCUT2D eigenvalue weighted by atomic mass is 9.97. The third-order valence-corrected chi connectivity index (χ3v) is 4.77. The van der Waals surface area contributed by atoms with E-state index in [1.807, 2.05) is 48.2 Å². The maximum Gasteiger partial charge on any atom is 0.232 e. The molecule has 1 aliphatic rings. The van der Waals surface area contributed by atoms with Crippen molar-refractivity contribution in [3.8, 4) is 0 Å². The molecule has 1 unspecified atom stereocenters. The van der Waals surface area contributed by atoms with E-state index in [2.05, 4.69) is 26.2 Å². The highest BCUT2D eigenvalue weighted by Crippen LogP contribution is 2.22. The summed E-state index contributed by atoms with van der Waals surface area (Å²) in [5.41, 5.74) is 2.06. The van der Waals surface area contributed by atoms with E-state index in [1.54, 1.807) is 6.20 Å². The van der Waals surface area contributed by atoms with Crippen LogP contribution in [0.1, 0.15) is 17.0 Å². The standard InChI is InChI=1S/C19H22BrN3O2/c1-14-11-16(20)12-21-18(14)22-13-17(15-5-3-2-4-6-15)19(24)23-7-9-25-10-8-23/h2-6,11-12,17H,7-10,13H2,1H3,(H,21,22). The number of halogens is 1. The molecule has 1 N–H and O–H groups in total. The van der Waals surface area contributed by atoms with E-state index < -0.39 is 0 Å². The van der Waals surface area contributed by atoms with Crippen LogP contribution in [0.5, 0.6) is 0 Å². The third-order valence-electron chi connectivity index (χ3n) is 4.34. The highest BCUT2D eigenvalue weighted by atomic mass is 79.9. The monoisotopic (exact) mass is 403 g/mol. The average Bonchev–Trinajstić information content (AvgIpc) is 2.65. The molecule has 0 bridgehead atoms. The van der Waals surface area contributed by atoms with Crippen molar-refractivity contribution in [2.75, 3.05) is 38.2 Å². The molecule has 1 aromatic carbocycles. The van der Waals surface area contributed by atoms with Crippen molar-refractivity contribution < 1.29 is 9.53 Å². The molecule has 2 aromatic rings. The van der Waals surface area contributed by atoms with Crippen molar-refractivity contribution in [2.24, 2.45) is 0 Å². The number of hydrogen-bond acceptors (Lipinski definition) is 4. The van der Waals surface area contributed by atoms with Crippen LogP contribution in [0, 0.1) is 6.92 Å². The Labute approximate surface area is 156 Å². The normalized spacial score (nSPS) is 15.7. The molecule has 1 atom stereocenters. The van der Waals surface area contributed by atoms with Gasteiger partial charge in [-0.15, -0.1) is 0 Å². The number of carbonyl (C=O) groups is 1. The zero-order valence-corrected chi connectivity index (χ0v) is 15.8. The van der Waals surface area contributed by atoms with E-state index in [-0.39, 0.29) is 11.8 Å². The molecule has 6 heteroatoms. The van der Waals surface area contributed by atoms with Crippen molar-refractivity contribution in [3.05, 3.63) is 58.2 Å². The first-order chi connectivity index (χ1) is 12.1. The molecule has 1 aromatic heterocycles. The van der Waals surface area contributed by atoms with Crippen LogP contribution in [0.15, 0.2) is 47.1 Å². The average molecular weight is 404 g/mol. The number of hydrogen-bond donors (Lipinski definition) is 1. The molecule has 132 valence electrons. The maximum atomic E-state index is 13.1. The predicted octanol–water partition coefficient (Wildman–Crippen LogP) is 3.21. The van der Waals surface area contributed by atoms with Gasteiger partial charge in [-0.05, 0) is 40.0 Å². The summed E-state index contributed by atoms with van der Waals surface area (Å²) < 4.78 is 6.31. The summed E-state index contributed by atoms with van der Waals surface area (Å²) in [7, 11) is 0. The van der Waals surface area contributed by atoms with Gasteiger partial charge in [0.2, 0.25) is 5.91 Å². The number of morpholine rings is 1. The summed E-state index contributed by atoms with van der Waals surface area (Å²) in [6.45, 7) is 5.02. The van der Waals surface area contributed by atoms with Gasteiger partial charge in [-0.3, -0.25) is 4.79 Å². The van der Waals surface area contributed by atoms with Crippen molar-refractivity contribution in [3.63, 3.8) is 0 Å². The number of aryl methyl sites for hydroxylation is 1. The molecule has 1 aliphatic heterocycles. The Morgan fingerprint density at radius 1 is 1.32 bits per heavy atom. The number of carbonyl (C=O) groups excluding carboxylic acids is 1. The van der Waals surface area contributed by atoms with Crippen LogP contribution in [-0.2, 0) is 9.53 Å². The molecule has 0 saturated carbocycles. The molecular formula is C19H22BrN3O2. The number of rotatable bonds is 5. The number of amides is 1. The fraction of sp³-hybridized carbons (Fsp3) is 0.368. The van der Waals surface area contributed by atoms with E-state index in [1.165, 1.54) is 0 Å². The summed E-state index contributed by atoms with van der Waals surface area (Å²) in [5, 5.41) is 3.35. The second-order valence-corrected chi connectivity index (χ2v) is 7.02. The lowest BCUT2D eigenvalue weighted by molar-refractivity contribution is -0.136. The van der Waals surface area contributed by atoms with Crippen LogP contribution in [0.25, 0.3) is 0 Å². The van der Waals surface area contributed by atoms with Crippen molar-refractivity contribution in [2.45, 2.75) is 12.8 Å². The van der Waals surface area contributed by atoms with E-state index in [0.717, 1.165) is 21.4 Å². The van der Waals surface area contributed by atoms with Crippen LogP contribution in [0.4, 0.5) is 5.82 Å². The topological polar surface area (TPSA) is 54.5 Å². The number of pyridine rings is 1. The summed E-state index contributed by atoms with van der Waals surface area (Å²) in [6.07, 6.45) is 1.76. The second-order valence-electron chi connectivity index (χ2n) is 6.10. The van der Waals surface area contributed by atoms with Gasteiger partial charge in [0.25, 0.3) is 0 Å². The zero-order chi connectivity index (χ0) is 17.6. The predicted molar refractivity (Wildman–Crippen MR) is 102 cm³/mol. The number of benzene rings is 1. The molecule has 0 radical (unpaired) electrons. The van der Waals surface area contributed by atoms with Gasteiger partial charge in [0.15, 0.2) is 0 Å². The summed E-state index contributed by atoms with van der Waals surface area (Å²) in [5.74, 6) is 0.694. The minimum absolute atomic E-state index is 0.136. The van der Waals surface area contributed by atoms with Crippen LogP contribution in [-0.4, -0.2) is 48.6 Å². The molecule has 1 saturated heterocycles. The molecule has 2 heterocycles. The van der Waals surface area contributed by atoms with Gasteiger partial charge in [-0.1, -0.05) is 30.3 Å². The Morgan fingerprint density at radius 2 is 2.04 bits per heavy atom. The maximum absolute atomic E-state index is 13.1.